The highest BCUT2D eigenvalue weighted by Gasteiger charge is 2.60. The molecule has 37 heavy (non-hydrogen) atoms. The summed E-state index contributed by atoms with van der Waals surface area (Å²) in [5.74, 6) is 1.46. The Morgan fingerprint density at radius 2 is 1.51 bits per heavy atom. The van der Waals surface area contributed by atoms with Gasteiger partial charge in [-0.2, -0.15) is 0 Å². The number of benzene rings is 3. The molecule has 0 amide bonds. The Morgan fingerprint density at radius 3 is 2.24 bits per heavy atom. The summed E-state index contributed by atoms with van der Waals surface area (Å²) in [5.41, 5.74) is 6.27. The zero-order valence-corrected chi connectivity index (χ0v) is 20.9. The van der Waals surface area contributed by atoms with Crippen molar-refractivity contribution in [2.45, 2.75) is 30.3 Å². The molecule has 0 radical (unpaired) electrons. The Morgan fingerprint density at radius 1 is 0.811 bits per heavy atom. The van der Waals surface area contributed by atoms with Crippen LogP contribution in [0, 0.1) is 0 Å². The zero-order chi connectivity index (χ0) is 23.7. The summed E-state index contributed by atoms with van der Waals surface area (Å²) in [6.07, 6.45) is 13.0. The summed E-state index contributed by atoms with van der Waals surface area (Å²) in [6, 6.07) is 28.9. The van der Waals surface area contributed by atoms with E-state index in [9.17, 15) is 0 Å². The van der Waals surface area contributed by atoms with Crippen LogP contribution in [-0.4, -0.2) is 4.57 Å². The van der Waals surface area contributed by atoms with Gasteiger partial charge in [0.1, 0.15) is 30.9 Å². The molecule has 2 atom stereocenters. The van der Waals surface area contributed by atoms with E-state index in [-0.39, 0.29) is 29.8 Å². The Balaban J connectivity index is 0.00000231. The fourth-order valence-corrected chi connectivity index (χ4v) is 6.95. The van der Waals surface area contributed by atoms with Gasteiger partial charge in [-0.15, -0.1) is 0 Å². The molecule has 4 nitrogen and oxygen atoms in total. The molecule has 0 spiro atoms. The second-order valence-electron chi connectivity index (χ2n) is 10.2. The average molecular weight is 505 g/mol. The molecule has 3 aliphatic rings. The van der Waals surface area contributed by atoms with Crippen molar-refractivity contribution in [3.63, 3.8) is 0 Å². The SMILES string of the molecule is [Cl-].c1ccc2c(c1)[C@H]1c3n(Cc4ccc5ccccc5c4)cc[n+]3[C@@H]2CC1(c1ccoc1)c1ccoc1. The summed E-state index contributed by atoms with van der Waals surface area (Å²) < 4.78 is 16.3. The summed E-state index contributed by atoms with van der Waals surface area (Å²) in [5, 5.41) is 2.55. The van der Waals surface area contributed by atoms with Crippen molar-refractivity contribution in [3.05, 3.63) is 150 Å². The van der Waals surface area contributed by atoms with Gasteiger partial charge in [0.25, 0.3) is 5.82 Å². The Kier molecular flexibility index (Phi) is 4.95. The van der Waals surface area contributed by atoms with Gasteiger partial charge < -0.3 is 21.2 Å². The molecule has 5 heterocycles. The first-order chi connectivity index (χ1) is 17.8. The molecule has 182 valence electrons. The lowest BCUT2D eigenvalue weighted by atomic mass is 9.55. The maximum atomic E-state index is 5.68. The van der Waals surface area contributed by atoms with E-state index in [0.29, 0.717) is 0 Å². The third-order valence-corrected chi connectivity index (χ3v) is 8.47. The first-order valence-electron chi connectivity index (χ1n) is 12.5. The van der Waals surface area contributed by atoms with E-state index in [1.54, 1.807) is 12.5 Å². The summed E-state index contributed by atoms with van der Waals surface area (Å²) in [6.45, 7) is 0.825. The third kappa shape index (κ3) is 3.06. The van der Waals surface area contributed by atoms with Gasteiger partial charge in [-0.05, 0) is 40.1 Å². The Hall–Kier alpha value is -4.02. The molecular weight excluding hydrogens is 480 g/mol. The van der Waals surface area contributed by atoms with E-state index < -0.39 is 0 Å². The summed E-state index contributed by atoms with van der Waals surface area (Å²) in [7, 11) is 0. The number of hydrogen-bond donors (Lipinski definition) is 0. The van der Waals surface area contributed by atoms with Crippen LogP contribution in [0.2, 0.25) is 0 Å². The van der Waals surface area contributed by atoms with Crippen molar-refractivity contribution in [2.75, 3.05) is 0 Å². The molecule has 0 saturated carbocycles. The number of furan rings is 2. The minimum atomic E-state index is -0.265. The smallest absolute Gasteiger partial charge is 0.266 e. The van der Waals surface area contributed by atoms with Gasteiger partial charge in [0, 0.05) is 28.5 Å². The van der Waals surface area contributed by atoms with E-state index in [4.69, 9.17) is 8.83 Å². The van der Waals surface area contributed by atoms with Crippen LogP contribution < -0.4 is 17.0 Å². The van der Waals surface area contributed by atoms with Crippen LogP contribution in [0.25, 0.3) is 10.8 Å². The molecule has 3 aromatic carbocycles. The third-order valence-electron chi connectivity index (χ3n) is 8.47. The number of imidazole rings is 1. The highest BCUT2D eigenvalue weighted by Crippen LogP contribution is 2.59. The topological polar surface area (TPSA) is 35.1 Å². The first-order valence-corrected chi connectivity index (χ1v) is 12.5. The minimum absolute atomic E-state index is 0. The monoisotopic (exact) mass is 504 g/mol. The predicted molar refractivity (Wildman–Crippen MR) is 137 cm³/mol. The van der Waals surface area contributed by atoms with Crippen molar-refractivity contribution >= 4 is 10.8 Å². The van der Waals surface area contributed by atoms with Crippen LogP contribution in [0.3, 0.4) is 0 Å². The second-order valence-corrected chi connectivity index (χ2v) is 10.2. The predicted octanol–water partition coefficient (Wildman–Crippen LogP) is 3.59. The van der Waals surface area contributed by atoms with Crippen molar-refractivity contribution < 1.29 is 25.8 Å². The first kappa shape index (κ1) is 22.2. The molecule has 3 aromatic heterocycles. The van der Waals surface area contributed by atoms with Crippen molar-refractivity contribution in [1.82, 2.24) is 4.57 Å². The zero-order valence-electron chi connectivity index (χ0n) is 20.1. The van der Waals surface area contributed by atoms with Crippen LogP contribution in [0.15, 0.2) is 125 Å². The molecule has 0 unspecified atom stereocenters. The fourth-order valence-electron chi connectivity index (χ4n) is 6.95. The number of rotatable bonds is 4. The number of fused-ring (bicyclic) bond motifs is 2. The average Bonchev–Trinajstić information content (AvgIpc) is 3.72. The molecule has 0 N–H and O–H groups in total. The van der Waals surface area contributed by atoms with Gasteiger partial charge in [0.2, 0.25) is 0 Å². The standard InChI is InChI=1S/C32H25N2O2.ClH/c1-2-6-24-17-22(9-10-23(24)5-1)19-33-13-14-34-29-18-32(25-11-15-35-20-25,26-12-16-36-21-26)30(31(33)34)28-8-4-3-7-27(28)29;/h1-17,20-21,29-30H,18-19H2;1H/q+1;/p-1/t29-,30+;/m1./s1. The number of nitrogens with zero attached hydrogens (tertiary/aromatic N) is 2. The normalized spacial score (nSPS) is 18.8. The molecule has 1 aliphatic carbocycles. The number of hydrogen-bond acceptors (Lipinski definition) is 2. The highest BCUT2D eigenvalue weighted by atomic mass is 35.5. The lowest BCUT2D eigenvalue weighted by Crippen LogP contribution is -3.00. The molecule has 6 aromatic rings. The van der Waals surface area contributed by atoms with E-state index in [1.165, 1.54) is 44.4 Å². The fraction of sp³-hybridized carbons (Fsp3) is 0.156. The number of aromatic nitrogens is 2. The van der Waals surface area contributed by atoms with Crippen LogP contribution >= 0.6 is 0 Å². The molecule has 9 rings (SSSR count). The lowest BCUT2D eigenvalue weighted by molar-refractivity contribution is -0.732. The molecule has 2 aliphatic heterocycles. The maximum absolute atomic E-state index is 5.68. The van der Waals surface area contributed by atoms with Crippen LogP contribution in [-0.2, 0) is 12.0 Å². The van der Waals surface area contributed by atoms with Crippen LogP contribution in [0.4, 0.5) is 0 Å². The highest BCUT2D eigenvalue weighted by molar-refractivity contribution is 5.83. The van der Waals surface area contributed by atoms with Gasteiger partial charge in [0.05, 0.1) is 25.1 Å². The van der Waals surface area contributed by atoms with Gasteiger partial charge in [0.15, 0.2) is 0 Å². The van der Waals surface area contributed by atoms with Crippen molar-refractivity contribution in [3.8, 4) is 0 Å². The quantitative estimate of drug-likeness (QED) is 0.344. The molecular formula is C32H25ClN2O2. The molecule has 0 fully saturated rings. The van der Waals surface area contributed by atoms with Crippen molar-refractivity contribution in [1.29, 1.82) is 0 Å². The van der Waals surface area contributed by atoms with Gasteiger partial charge in [-0.1, -0.05) is 60.7 Å². The van der Waals surface area contributed by atoms with Crippen LogP contribution in [0.1, 0.15) is 52.0 Å². The summed E-state index contributed by atoms with van der Waals surface area (Å²) >= 11 is 0. The largest absolute Gasteiger partial charge is 1.00 e. The Labute approximate surface area is 221 Å². The van der Waals surface area contributed by atoms with E-state index in [0.717, 1.165) is 13.0 Å². The lowest BCUT2D eigenvalue weighted by Gasteiger charge is -2.49. The van der Waals surface area contributed by atoms with E-state index >= 15 is 0 Å². The van der Waals surface area contributed by atoms with E-state index in [2.05, 4.69) is 100 Å². The molecule has 0 saturated heterocycles. The van der Waals surface area contributed by atoms with E-state index in [1.807, 2.05) is 12.5 Å². The maximum Gasteiger partial charge on any atom is 0.266 e. The molecule has 2 bridgehead atoms. The van der Waals surface area contributed by atoms with Crippen molar-refractivity contribution in [2.24, 2.45) is 0 Å². The second kappa shape index (κ2) is 8.25. The number of halogens is 1. The van der Waals surface area contributed by atoms with Gasteiger partial charge >= 0.3 is 0 Å². The summed E-state index contributed by atoms with van der Waals surface area (Å²) in [4.78, 5) is 0. The molecule has 5 heteroatoms. The van der Waals surface area contributed by atoms with Gasteiger partial charge in [-0.25, -0.2) is 9.13 Å². The van der Waals surface area contributed by atoms with Gasteiger partial charge in [-0.3, -0.25) is 0 Å². The minimum Gasteiger partial charge on any atom is -1.00 e. The van der Waals surface area contributed by atoms with Crippen LogP contribution in [0.5, 0.6) is 0 Å². The Bertz CT molecular complexity index is 1680.